The Balaban J connectivity index is 1.77. The molecule has 2 aromatic rings. The van der Waals surface area contributed by atoms with Crippen LogP contribution in [0.1, 0.15) is 30.5 Å². The standard InChI is InChI=1S/C21H26N2O3S/c1-15(2)20(21(24)23-13-12-18-6-4-5-7-19(18)23)22-27(25,26)14-17-10-8-16(3)9-11-17/h4-11,15,20,22H,12-14H2,1-3H3/t20-/m0/s1. The van der Waals surface area contributed by atoms with Crippen molar-refractivity contribution in [3.63, 3.8) is 0 Å². The van der Waals surface area contributed by atoms with Gasteiger partial charge in [0.25, 0.3) is 0 Å². The predicted molar refractivity (Wildman–Crippen MR) is 108 cm³/mol. The Morgan fingerprint density at radius 2 is 1.78 bits per heavy atom. The van der Waals surface area contributed by atoms with E-state index in [2.05, 4.69) is 4.72 Å². The molecule has 0 saturated heterocycles. The van der Waals surface area contributed by atoms with Crippen LogP contribution in [0.15, 0.2) is 48.5 Å². The third kappa shape index (κ3) is 4.57. The summed E-state index contributed by atoms with van der Waals surface area (Å²) in [6, 6.07) is 14.4. The van der Waals surface area contributed by atoms with E-state index < -0.39 is 16.1 Å². The molecule has 5 nitrogen and oxygen atoms in total. The molecule has 27 heavy (non-hydrogen) atoms. The maximum absolute atomic E-state index is 13.1. The Hall–Kier alpha value is -2.18. The zero-order valence-corrected chi connectivity index (χ0v) is 16.8. The summed E-state index contributed by atoms with van der Waals surface area (Å²) in [5.41, 5.74) is 3.78. The Bertz CT molecular complexity index is 921. The summed E-state index contributed by atoms with van der Waals surface area (Å²) in [6.45, 7) is 6.26. The molecule has 0 saturated carbocycles. The number of fused-ring (bicyclic) bond motifs is 1. The van der Waals surface area contributed by atoms with E-state index >= 15 is 0 Å². The van der Waals surface area contributed by atoms with Gasteiger partial charge in [0.15, 0.2) is 0 Å². The molecule has 1 aliphatic heterocycles. The van der Waals surface area contributed by atoms with Gasteiger partial charge >= 0.3 is 0 Å². The van der Waals surface area contributed by atoms with Gasteiger partial charge < -0.3 is 4.90 Å². The number of nitrogens with zero attached hydrogens (tertiary/aromatic N) is 1. The SMILES string of the molecule is Cc1ccc(CS(=O)(=O)N[C@H](C(=O)N2CCc3ccccc32)C(C)C)cc1. The fraction of sp³-hybridized carbons (Fsp3) is 0.381. The molecular weight excluding hydrogens is 360 g/mol. The molecule has 6 heteroatoms. The van der Waals surface area contributed by atoms with Crippen molar-refractivity contribution in [2.24, 2.45) is 5.92 Å². The van der Waals surface area contributed by atoms with E-state index in [1.54, 1.807) is 17.0 Å². The minimum absolute atomic E-state index is 0.139. The molecule has 144 valence electrons. The molecule has 0 spiro atoms. The van der Waals surface area contributed by atoms with Gasteiger partial charge in [-0.25, -0.2) is 13.1 Å². The average Bonchev–Trinajstić information content (AvgIpc) is 3.05. The number of amides is 1. The molecule has 1 N–H and O–H groups in total. The summed E-state index contributed by atoms with van der Waals surface area (Å²) in [7, 11) is -3.64. The van der Waals surface area contributed by atoms with Crippen molar-refractivity contribution in [1.29, 1.82) is 0 Å². The smallest absolute Gasteiger partial charge is 0.245 e. The molecule has 0 unspecified atom stereocenters. The molecule has 3 rings (SSSR count). The third-order valence-electron chi connectivity index (χ3n) is 4.87. The van der Waals surface area contributed by atoms with Crippen LogP contribution in [0, 0.1) is 12.8 Å². The highest BCUT2D eigenvalue weighted by Crippen LogP contribution is 2.28. The minimum Gasteiger partial charge on any atom is -0.310 e. The number of carbonyl (C=O) groups is 1. The van der Waals surface area contributed by atoms with E-state index in [1.165, 1.54) is 0 Å². The average molecular weight is 387 g/mol. The topological polar surface area (TPSA) is 66.5 Å². The fourth-order valence-corrected chi connectivity index (χ4v) is 4.82. The lowest BCUT2D eigenvalue weighted by atomic mass is 10.0. The number of aryl methyl sites for hydroxylation is 1. The fourth-order valence-electron chi connectivity index (χ4n) is 3.35. The largest absolute Gasteiger partial charge is 0.310 e. The Morgan fingerprint density at radius 3 is 2.44 bits per heavy atom. The highest BCUT2D eigenvalue weighted by Gasteiger charge is 2.34. The van der Waals surface area contributed by atoms with Gasteiger partial charge in [0.1, 0.15) is 6.04 Å². The van der Waals surface area contributed by atoms with Crippen molar-refractivity contribution in [2.75, 3.05) is 11.4 Å². The van der Waals surface area contributed by atoms with Crippen molar-refractivity contribution >= 4 is 21.6 Å². The lowest BCUT2D eigenvalue weighted by Gasteiger charge is -2.27. The number of anilines is 1. The van der Waals surface area contributed by atoms with Gasteiger partial charge in [-0.15, -0.1) is 0 Å². The second kappa shape index (κ2) is 7.82. The van der Waals surface area contributed by atoms with Gasteiger partial charge in [-0.05, 0) is 36.5 Å². The zero-order chi connectivity index (χ0) is 19.6. The number of rotatable bonds is 6. The van der Waals surface area contributed by atoms with Gasteiger partial charge in [0.2, 0.25) is 15.9 Å². The Labute approximate surface area is 161 Å². The summed E-state index contributed by atoms with van der Waals surface area (Å²) < 4.78 is 28.0. The highest BCUT2D eigenvalue weighted by atomic mass is 32.2. The summed E-state index contributed by atoms with van der Waals surface area (Å²) >= 11 is 0. The number of benzene rings is 2. The van der Waals surface area contributed by atoms with Crippen molar-refractivity contribution < 1.29 is 13.2 Å². The van der Waals surface area contributed by atoms with E-state index in [0.29, 0.717) is 12.1 Å². The van der Waals surface area contributed by atoms with Crippen LogP contribution in [-0.4, -0.2) is 26.9 Å². The molecule has 0 radical (unpaired) electrons. The molecule has 1 amide bonds. The van der Waals surface area contributed by atoms with Crippen LogP contribution < -0.4 is 9.62 Å². The van der Waals surface area contributed by atoms with Crippen molar-refractivity contribution in [2.45, 2.75) is 39.0 Å². The van der Waals surface area contributed by atoms with Crippen molar-refractivity contribution in [1.82, 2.24) is 4.72 Å². The highest BCUT2D eigenvalue weighted by molar-refractivity contribution is 7.88. The van der Waals surface area contributed by atoms with Crippen LogP contribution in [0.4, 0.5) is 5.69 Å². The molecule has 0 aliphatic carbocycles. The quantitative estimate of drug-likeness (QED) is 0.830. The first-order valence-corrected chi connectivity index (χ1v) is 10.9. The summed E-state index contributed by atoms with van der Waals surface area (Å²) in [6.07, 6.45) is 0.794. The molecule has 1 atom stereocenters. The predicted octanol–water partition coefficient (Wildman–Crippen LogP) is 3.03. The van der Waals surface area contributed by atoms with E-state index in [4.69, 9.17) is 0 Å². The van der Waals surface area contributed by atoms with Crippen LogP contribution in [0.2, 0.25) is 0 Å². The van der Waals surface area contributed by atoms with Crippen LogP contribution in [-0.2, 0) is 27.0 Å². The van der Waals surface area contributed by atoms with Crippen molar-refractivity contribution in [3.8, 4) is 0 Å². The molecule has 1 aliphatic rings. The second-order valence-electron chi connectivity index (χ2n) is 7.45. The summed E-state index contributed by atoms with van der Waals surface area (Å²) in [5, 5.41) is 0. The first kappa shape index (κ1) is 19.6. The van der Waals surface area contributed by atoms with Gasteiger partial charge in [0, 0.05) is 12.2 Å². The molecule has 0 aromatic heterocycles. The minimum atomic E-state index is -3.64. The van der Waals surface area contributed by atoms with Crippen LogP contribution >= 0.6 is 0 Å². The Morgan fingerprint density at radius 1 is 1.11 bits per heavy atom. The van der Waals surface area contributed by atoms with Gasteiger partial charge in [-0.1, -0.05) is 61.9 Å². The van der Waals surface area contributed by atoms with E-state index in [0.717, 1.165) is 23.2 Å². The van der Waals surface area contributed by atoms with Gasteiger partial charge in [-0.2, -0.15) is 0 Å². The number of nitrogens with one attached hydrogen (secondary N) is 1. The molecule has 0 bridgehead atoms. The van der Waals surface area contributed by atoms with E-state index in [1.807, 2.05) is 57.2 Å². The Kier molecular flexibility index (Phi) is 5.67. The molecule has 2 aromatic carbocycles. The lowest BCUT2D eigenvalue weighted by Crippen LogP contribution is -2.51. The normalized spacial score (nSPS) is 15.0. The first-order chi connectivity index (χ1) is 12.8. The zero-order valence-electron chi connectivity index (χ0n) is 16.0. The van der Waals surface area contributed by atoms with Gasteiger partial charge in [-0.3, -0.25) is 4.79 Å². The second-order valence-corrected chi connectivity index (χ2v) is 9.21. The van der Waals surface area contributed by atoms with E-state index in [9.17, 15) is 13.2 Å². The third-order valence-corrected chi connectivity index (χ3v) is 6.20. The summed E-state index contributed by atoms with van der Waals surface area (Å²) in [4.78, 5) is 14.8. The first-order valence-electron chi connectivity index (χ1n) is 9.21. The summed E-state index contributed by atoms with van der Waals surface area (Å²) in [5.74, 6) is -0.485. The number of hydrogen-bond donors (Lipinski definition) is 1. The van der Waals surface area contributed by atoms with Crippen LogP contribution in [0.3, 0.4) is 0 Å². The maximum Gasteiger partial charge on any atom is 0.245 e. The lowest BCUT2D eigenvalue weighted by molar-refractivity contribution is -0.121. The van der Waals surface area contributed by atoms with Crippen LogP contribution in [0.25, 0.3) is 0 Å². The monoisotopic (exact) mass is 386 g/mol. The number of sulfonamides is 1. The number of carbonyl (C=O) groups excluding carboxylic acids is 1. The van der Waals surface area contributed by atoms with Crippen molar-refractivity contribution in [3.05, 3.63) is 65.2 Å². The van der Waals surface area contributed by atoms with E-state index in [-0.39, 0.29) is 17.6 Å². The maximum atomic E-state index is 13.1. The van der Waals surface area contributed by atoms with Gasteiger partial charge in [0.05, 0.1) is 5.75 Å². The molecule has 1 heterocycles. The number of hydrogen-bond acceptors (Lipinski definition) is 3. The molecule has 0 fully saturated rings. The van der Waals surface area contributed by atoms with Crippen LogP contribution in [0.5, 0.6) is 0 Å². The molecular formula is C21H26N2O3S. The number of para-hydroxylation sites is 1.